The van der Waals surface area contributed by atoms with Gasteiger partial charge in [0.15, 0.2) is 5.72 Å². The van der Waals surface area contributed by atoms with Gasteiger partial charge in [0.25, 0.3) is 21.5 Å². The number of aryl methyl sites for hydroxylation is 1. The van der Waals surface area contributed by atoms with E-state index in [0.29, 0.717) is 23.1 Å². The first-order valence-electron chi connectivity index (χ1n) is 12.5. The van der Waals surface area contributed by atoms with Gasteiger partial charge in [0.05, 0.1) is 16.1 Å². The normalized spacial score (nSPS) is 16.7. The summed E-state index contributed by atoms with van der Waals surface area (Å²) in [7, 11) is -3.99. The Morgan fingerprint density at radius 1 is 1.02 bits per heavy atom. The molecular weight excluding hydrogens is 564 g/mol. The number of nitro benzene ring substituents is 2. The van der Waals surface area contributed by atoms with Crippen LogP contribution in [-0.2, 0) is 37.0 Å². The molecule has 0 radical (unpaired) electrons. The Kier molecular flexibility index (Phi) is 10.2. The zero-order chi connectivity index (χ0) is 30.2. The summed E-state index contributed by atoms with van der Waals surface area (Å²) < 4.78 is 40.1. The average molecular weight is 595 g/mol. The minimum atomic E-state index is -3.99. The molecule has 1 fully saturated rings. The monoisotopic (exact) mass is 594 g/mol. The molecule has 1 unspecified atom stereocenters. The van der Waals surface area contributed by atoms with E-state index in [4.69, 9.17) is 13.7 Å². The van der Waals surface area contributed by atoms with Crippen LogP contribution < -0.4 is 5.32 Å². The third-order valence-corrected chi connectivity index (χ3v) is 7.00. The molecule has 1 aliphatic rings. The van der Waals surface area contributed by atoms with Gasteiger partial charge in [-0.2, -0.15) is 8.42 Å². The Labute approximate surface area is 235 Å². The van der Waals surface area contributed by atoms with Crippen molar-refractivity contribution in [1.29, 1.82) is 0 Å². The second kappa shape index (κ2) is 13.4. The number of nitro groups is 2. The van der Waals surface area contributed by atoms with Gasteiger partial charge < -0.3 is 14.8 Å². The third-order valence-electron chi connectivity index (χ3n) is 6.39. The number of rotatable bonds is 12. The van der Waals surface area contributed by atoms with Crippen LogP contribution in [0.3, 0.4) is 0 Å². The molecule has 1 heterocycles. The molecule has 0 aromatic heterocycles. The Bertz CT molecular complexity index is 1400. The van der Waals surface area contributed by atoms with Crippen LogP contribution in [0.25, 0.3) is 0 Å². The topological polar surface area (TPSA) is 198 Å². The number of ether oxygens (including phenoxy) is 2. The zero-order valence-corrected chi connectivity index (χ0v) is 23.3. The van der Waals surface area contributed by atoms with Gasteiger partial charge in [0.2, 0.25) is 0 Å². The summed E-state index contributed by atoms with van der Waals surface area (Å²) in [6.45, 7) is 1.63. The zero-order valence-electron chi connectivity index (χ0n) is 22.4. The number of hydrogen-bond acceptors (Lipinski definition) is 11. The van der Waals surface area contributed by atoms with Gasteiger partial charge in [0, 0.05) is 37.4 Å². The average Bonchev–Trinajstić information content (AvgIpc) is 3.31. The Morgan fingerprint density at radius 2 is 1.68 bits per heavy atom. The van der Waals surface area contributed by atoms with Crippen LogP contribution in [0.1, 0.15) is 42.4 Å². The highest BCUT2D eigenvalue weighted by Crippen LogP contribution is 2.36. The van der Waals surface area contributed by atoms with E-state index >= 15 is 0 Å². The molecule has 222 valence electrons. The molecule has 16 heteroatoms. The summed E-state index contributed by atoms with van der Waals surface area (Å²) in [6.07, 6.45) is 0.287. The first kappa shape index (κ1) is 31.2. The summed E-state index contributed by atoms with van der Waals surface area (Å²) in [5, 5.41) is 24.2. The first-order chi connectivity index (χ1) is 19.3. The van der Waals surface area contributed by atoms with Crippen molar-refractivity contribution in [3.8, 4) is 0 Å². The molecule has 1 atom stereocenters. The van der Waals surface area contributed by atoms with Crippen molar-refractivity contribution in [2.24, 2.45) is 0 Å². The minimum Gasteiger partial charge on any atom is -0.445 e. The number of alkyl carbamates (subject to hydrolysis) is 1. The maximum absolute atomic E-state index is 12.9. The Balaban J connectivity index is 1.55. The fraction of sp³-hybridized carbons (Fsp3) is 0.440. The van der Waals surface area contributed by atoms with E-state index in [9.17, 15) is 38.2 Å². The molecular formula is C25H30N4O11S. The fourth-order valence-corrected chi connectivity index (χ4v) is 5.24. The van der Waals surface area contributed by atoms with Crippen LogP contribution >= 0.6 is 0 Å². The number of likely N-dealkylation sites (tertiary alicyclic amines) is 1. The van der Waals surface area contributed by atoms with Crippen LogP contribution in [0.4, 0.5) is 21.0 Å². The van der Waals surface area contributed by atoms with Crippen molar-refractivity contribution >= 4 is 33.7 Å². The van der Waals surface area contributed by atoms with Crippen molar-refractivity contribution in [2.75, 3.05) is 19.3 Å². The lowest BCUT2D eigenvalue weighted by Crippen LogP contribution is -2.50. The summed E-state index contributed by atoms with van der Waals surface area (Å²) in [5.74, 6) is 0. The first-order valence-corrected chi connectivity index (χ1v) is 14.3. The quantitative estimate of drug-likeness (QED) is 0.162. The maximum atomic E-state index is 12.9. The summed E-state index contributed by atoms with van der Waals surface area (Å²) in [4.78, 5) is 46.9. The van der Waals surface area contributed by atoms with E-state index in [2.05, 4.69) is 5.32 Å². The fourth-order valence-electron chi connectivity index (χ4n) is 4.42. The van der Waals surface area contributed by atoms with Crippen molar-refractivity contribution in [2.45, 2.75) is 51.5 Å². The molecule has 3 rings (SSSR count). The van der Waals surface area contributed by atoms with Crippen LogP contribution in [0, 0.1) is 27.2 Å². The van der Waals surface area contributed by atoms with Gasteiger partial charge in [-0.15, -0.1) is 0 Å². The molecule has 0 bridgehead atoms. The molecule has 2 amide bonds. The standard InChI is InChI=1S/C25H30N4O11S/c1-18-15-22(29(34)35)10-7-20(18)17-38-23(30)26-13-3-11-25(40-41(2,36)37)12-4-14-27(25)24(31)39-16-19-5-8-21(9-6-19)28(32)33/h5-10,15H,3-4,11-14,16-17H2,1-2H3,(H,26,30). The predicted octanol–water partition coefficient (Wildman–Crippen LogP) is 3.92. The predicted molar refractivity (Wildman–Crippen MR) is 143 cm³/mol. The smallest absolute Gasteiger partial charge is 0.412 e. The second-order valence-electron chi connectivity index (χ2n) is 9.44. The molecule has 1 aliphatic heterocycles. The van der Waals surface area contributed by atoms with Gasteiger partial charge in [-0.05, 0) is 67.5 Å². The van der Waals surface area contributed by atoms with Crippen molar-refractivity contribution in [3.63, 3.8) is 0 Å². The molecule has 0 spiro atoms. The molecule has 41 heavy (non-hydrogen) atoms. The highest BCUT2D eigenvalue weighted by molar-refractivity contribution is 7.86. The van der Waals surface area contributed by atoms with E-state index in [-0.39, 0.29) is 56.9 Å². The van der Waals surface area contributed by atoms with E-state index < -0.39 is 37.9 Å². The molecule has 0 aliphatic carbocycles. The molecule has 15 nitrogen and oxygen atoms in total. The lowest BCUT2D eigenvalue weighted by molar-refractivity contribution is -0.385. The molecule has 1 saturated heterocycles. The van der Waals surface area contributed by atoms with Crippen LogP contribution in [0.15, 0.2) is 42.5 Å². The van der Waals surface area contributed by atoms with E-state index in [1.165, 1.54) is 47.4 Å². The summed E-state index contributed by atoms with van der Waals surface area (Å²) >= 11 is 0. The van der Waals surface area contributed by atoms with Crippen molar-refractivity contribution < 1.29 is 41.5 Å². The number of hydrogen-bond donors (Lipinski definition) is 1. The van der Waals surface area contributed by atoms with Gasteiger partial charge in [-0.3, -0.25) is 25.1 Å². The van der Waals surface area contributed by atoms with Gasteiger partial charge in [-0.1, -0.05) is 0 Å². The van der Waals surface area contributed by atoms with Crippen LogP contribution in [-0.4, -0.2) is 60.4 Å². The Morgan fingerprint density at radius 3 is 2.29 bits per heavy atom. The summed E-state index contributed by atoms with van der Waals surface area (Å²) in [5.41, 5.74) is -0.00358. The van der Waals surface area contributed by atoms with E-state index in [0.717, 1.165) is 6.26 Å². The van der Waals surface area contributed by atoms with E-state index in [1.807, 2.05) is 0 Å². The number of non-ortho nitro benzene ring substituents is 2. The van der Waals surface area contributed by atoms with Gasteiger partial charge >= 0.3 is 12.2 Å². The highest BCUT2D eigenvalue weighted by atomic mass is 32.2. The van der Waals surface area contributed by atoms with Crippen molar-refractivity contribution in [3.05, 3.63) is 79.4 Å². The summed E-state index contributed by atoms with van der Waals surface area (Å²) in [6, 6.07) is 9.65. The number of nitrogens with zero attached hydrogens (tertiary/aromatic N) is 3. The lowest BCUT2D eigenvalue weighted by atomic mass is 10.0. The number of nitrogens with one attached hydrogen (secondary N) is 1. The van der Waals surface area contributed by atoms with E-state index in [1.54, 1.807) is 6.92 Å². The number of benzene rings is 2. The Hall–Kier alpha value is -4.31. The second-order valence-corrected chi connectivity index (χ2v) is 11.0. The van der Waals surface area contributed by atoms with Crippen LogP contribution in [0.2, 0.25) is 0 Å². The molecule has 2 aromatic rings. The largest absolute Gasteiger partial charge is 0.445 e. The maximum Gasteiger partial charge on any atom is 0.412 e. The molecule has 1 N–H and O–H groups in total. The SMILES string of the molecule is Cc1cc([N+](=O)[O-])ccc1COC(=O)NCCCC1(OS(C)(=O)=O)CCCN1C(=O)OCc1ccc([N+](=O)[O-])cc1. The number of carbonyl (C=O) groups is 2. The number of amides is 2. The molecule has 2 aromatic carbocycles. The van der Waals surface area contributed by atoms with Crippen LogP contribution in [0.5, 0.6) is 0 Å². The minimum absolute atomic E-state index is 0.0639. The number of carbonyl (C=O) groups excluding carboxylic acids is 2. The third kappa shape index (κ3) is 8.84. The van der Waals surface area contributed by atoms with Gasteiger partial charge in [-0.25, -0.2) is 13.8 Å². The molecule has 0 saturated carbocycles. The van der Waals surface area contributed by atoms with Crippen molar-refractivity contribution in [1.82, 2.24) is 10.2 Å². The lowest BCUT2D eigenvalue weighted by Gasteiger charge is -2.36. The highest BCUT2D eigenvalue weighted by Gasteiger charge is 2.47. The van der Waals surface area contributed by atoms with Gasteiger partial charge in [0.1, 0.15) is 13.2 Å².